The molecule has 0 unspecified atom stereocenters. The van der Waals surface area contributed by atoms with Gasteiger partial charge in [-0.25, -0.2) is 4.39 Å². The summed E-state index contributed by atoms with van der Waals surface area (Å²) in [5.74, 6) is -0.772. The van der Waals surface area contributed by atoms with Gasteiger partial charge in [-0.1, -0.05) is 26.8 Å². The molecule has 9 heteroatoms. The van der Waals surface area contributed by atoms with Gasteiger partial charge in [-0.3, -0.25) is 14.4 Å². The lowest BCUT2D eigenvalue weighted by Crippen LogP contribution is -2.36. The van der Waals surface area contributed by atoms with Gasteiger partial charge < -0.3 is 25.3 Å². The molecule has 2 saturated heterocycles. The van der Waals surface area contributed by atoms with Crippen LogP contribution in [0.2, 0.25) is 0 Å². The zero-order valence-corrected chi connectivity index (χ0v) is 23.3. The first kappa shape index (κ1) is 28.5. The quantitative estimate of drug-likeness (QED) is 0.603. The monoisotopic (exact) mass is 537 g/mol. The van der Waals surface area contributed by atoms with Crippen LogP contribution in [0.5, 0.6) is 0 Å². The van der Waals surface area contributed by atoms with E-state index < -0.39 is 5.82 Å². The van der Waals surface area contributed by atoms with E-state index in [4.69, 9.17) is 0 Å². The number of nitrogens with one attached hydrogen (secondary N) is 2. The van der Waals surface area contributed by atoms with Crippen molar-refractivity contribution < 1.29 is 18.8 Å². The summed E-state index contributed by atoms with van der Waals surface area (Å²) in [6.07, 6.45) is 1.97. The van der Waals surface area contributed by atoms with Gasteiger partial charge in [0.05, 0.1) is 11.4 Å². The van der Waals surface area contributed by atoms with Gasteiger partial charge in [0.15, 0.2) is 0 Å². The minimum Gasteiger partial charge on any atom is -0.368 e. The lowest BCUT2D eigenvalue weighted by Gasteiger charge is -2.28. The van der Waals surface area contributed by atoms with Crippen molar-refractivity contribution >= 4 is 29.1 Å². The number of amides is 3. The second-order valence-corrected chi connectivity index (χ2v) is 11.6. The Labute approximate surface area is 230 Å². The van der Waals surface area contributed by atoms with Gasteiger partial charge in [-0.15, -0.1) is 0 Å². The molecule has 39 heavy (non-hydrogen) atoms. The molecular formula is C30H40FN5O3. The lowest BCUT2D eigenvalue weighted by atomic mass is 9.92. The smallest absolute Gasteiger partial charge is 0.254 e. The summed E-state index contributed by atoms with van der Waals surface area (Å²) in [5.41, 5.74) is 2.13. The van der Waals surface area contributed by atoms with E-state index in [1.807, 2.05) is 37.8 Å². The molecule has 2 fully saturated rings. The number of hydrogen-bond donors (Lipinski definition) is 2. The van der Waals surface area contributed by atoms with Gasteiger partial charge in [-0.05, 0) is 61.2 Å². The van der Waals surface area contributed by atoms with Crippen LogP contribution < -0.4 is 15.5 Å². The molecule has 8 nitrogen and oxygen atoms in total. The number of rotatable bonds is 5. The molecule has 0 radical (unpaired) electrons. The molecule has 2 heterocycles. The minimum absolute atomic E-state index is 0.0423. The van der Waals surface area contributed by atoms with Crippen molar-refractivity contribution in [3.63, 3.8) is 0 Å². The van der Waals surface area contributed by atoms with E-state index in [-0.39, 0.29) is 23.1 Å². The molecule has 0 bridgehead atoms. The molecule has 0 aliphatic carbocycles. The van der Waals surface area contributed by atoms with E-state index >= 15 is 0 Å². The van der Waals surface area contributed by atoms with Crippen molar-refractivity contribution in [2.24, 2.45) is 5.41 Å². The van der Waals surface area contributed by atoms with Crippen molar-refractivity contribution in [3.05, 3.63) is 59.4 Å². The maximum atomic E-state index is 13.7. The van der Waals surface area contributed by atoms with Crippen molar-refractivity contribution in [2.45, 2.75) is 40.0 Å². The third-order valence-electron chi connectivity index (χ3n) is 7.03. The van der Waals surface area contributed by atoms with Crippen LogP contribution in [-0.4, -0.2) is 79.9 Å². The minimum atomic E-state index is -0.431. The Morgan fingerprint density at radius 1 is 0.846 bits per heavy atom. The number of anilines is 2. The van der Waals surface area contributed by atoms with E-state index in [9.17, 15) is 18.8 Å². The molecule has 0 atom stereocenters. The molecule has 2 aromatic rings. The molecule has 0 aromatic heterocycles. The van der Waals surface area contributed by atoms with Crippen LogP contribution in [0.4, 0.5) is 15.8 Å². The predicted octanol–water partition coefficient (Wildman–Crippen LogP) is 3.99. The molecule has 2 aromatic carbocycles. The highest BCUT2D eigenvalue weighted by Crippen LogP contribution is 2.30. The predicted molar refractivity (Wildman–Crippen MR) is 152 cm³/mol. The maximum absolute atomic E-state index is 13.7. The molecule has 2 aliphatic heterocycles. The molecule has 2 aliphatic rings. The average Bonchev–Trinajstić information content (AvgIpc) is 3.30. The van der Waals surface area contributed by atoms with Gasteiger partial charge in [0.1, 0.15) is 5.82 Å². The fourth-order valence-electron chi connectivity index (χ4n) is 5.12. The van der Waals surface area contributed by atoms with Gasteiger partial charge in [0, 0.05) is 63.4 Å². The van der Waals surface area contributed by atoms with E-state index in [1.165, 1.54) is 12.1 Å². The Hall–Kier alpha value is -3.46. The Morgan fingerprint density at radius 3 is 2.31 bits per heavy atom. The summed E-state index contributed by atoms with van der Waals surface area (Å²) in [6.45, 7) is 11.3. The highest BCUT2D eigenvalue weighted by molar-refractivity contribution is 6.00. The summed E-state index contributed by atoms with van der Waals surface area (Å²) < 4.78 is 13.7. The van der Waals surface area contributed by atoms with Crippen LogP contribution >= 0.6 is 0 Å². The molecule has 0 saturated carbocycles. The van der Waals surface area contributed by atoms with Crippen molar-refractivity contribution in [2.75, 3.05) is 62.6 Å². The zero-order valence-electron chi connectivity index (χ0n) is 23.3. The van der Waals surface area contributed by atoms with Crippen LogP contribution in [0.3, 0.4) is 0 Å². The van der Waals surface area contributed by atoms with Crippen LogP contribution in [0.15, 0.2) is 42.5 Å². The summed E-state index contributed by atoms with van der Waals surface area (Å²) in [6, 6.07) is 11.3. The molecule has 3 amide bonds. The maximum Gasteiger partial charge on any atom is 0.254 e. The highest BCUT2D eigenvalue weighted by Gasteiger charge is 2.25. The van der Waals surface area contributed by atoms with Gasteiger partial charge in [0.25, 0.3) is 11.8 Å². The fourth-order valence-corrected chi connectivity index (χ4v) is 5.12. The van der Waals surface area contributed by atoms with Crippen LogP contribution in [0, 0.1) is 11.2 Å². The van der Waals surface area contributed by atoms with Crippen molar-refractivity contribution in [3.8, 4) is 0 Å². The second-order valence-electron chi connectivity index (χ2n) is 11.6. The first-order valence-corrected chi connectivity index (χ1v) is 13.8. The zero-order chi connectivity index (χ0) is 28.0. The van der Waals surface area contributed by atoms with E-state index in [0.29, 0.717) is 62.5 Å². The van der Waals surface area contributed by atoms with E-state index in [2.05, 4.69) is 15.5 Å². The standard InChI is InChI=1S/C30H40FN5O3/c1-30(2,3)21-27(37)33-25-20-23(29(39)35-13-5-11-32-12-16-35)9-10-26(25)34-14-6-15-36(18-17-34)28(38)22-7-4-8-24(31)19-22/h4,7-10,19-20,32H,5-6,11-18,21H2,1-3H3,(H,33,37). The Morgan fingerprint density at radius 2 is 1.56 bits per heavy atom. The summed E-state index contributed by atoms with van der Waals surface area (Å²) in [4.78, 5) is 45.1. The topological polar surface area (TPSA) is 85.0 Å². The van der Waals surface area contributed by atoms with E-state index in [1.54, 1.807) is 23.1 Å². The number of hydrogen-bond acceptors (Lipinski definition) is 5. The number of nitrogens with zero attached hydrogens (tertiary/aromatic N) is 3. The highest BCUT2D eigenvalue weighted by atomic mass is 19.1. The van der Waals surface area contributed by atoms with Crippen molar-refractivity contribution in [1.29, 1.82) is 0 Å². The first-order chi connectivity index (χ1) is 18.6. The normalized spacial score (nSPS) is 16.9. The first-order valence-electron chi connectivity index (χ1n) is 13.8. The summed E-state index contributed by atoms with van der Waals surface area (Å²) >= 11 is 0. The summed E-state index contributed by atoms with van der Waals surface area (Å²) in [7, 11) is 0. The third-order valence-corrected chi connectivity index (χ3v) is 7.03. The number of benzene rings is 2. The summed E-state index contributed by atoms with van der Waals surface area (Å²) in [5, 5.41) is 6.40. The van der Waals surface area contributed by atoms with Gasteiger partial charge in [0.2, 0.25) is 5.91 Å². The average molecular weight is 538 g/mol. The number of carbonyl (C=O) groups is 3. The molecule has 210 valence electrons. The third kappa shape index (κ3) is 7.79. The van der Waals surface area contributed by atoms with Crippen LogP contribution in [0.1, 0.15) is 60.7 Å². The van der Waals surface area contributed by atoms with Crippen molar-refractivity contribution in [1.82, 2.24) is 15.1 Å². The molecule has 4 rings (SSSR count). The number of halogens is 1. The lowest BCUT2D eigenvalue weighted by molar-refractivity contribution is -0.117. The Balaban J connectivity index is 1.55. The fraction of sp³-hybridized carbons (Fsp3) is 0.500. The molecule has 0 spiro atoms. The largest absolute Gasteiger partial charge is 0.368 e. The van der Waals surface area contributed by atoms with Crippen LogP contribution in [0.25, 0.3) is 0 Å². The number of carbonyl (C=O) groups excluding carboxylic acids is 3. The molecule has 2 N–H and O–H groups in total. The van der Waals surface area contributed by atoms with Gasteiger partial charge in [-0.2, -0.15) is 0 Å². The second kappa shape index (κ2) is 12.6. The Kier molecular flexibility index (Phi) is 9.22. The SMILES string of the molecule is CC(C)(C)CC(=O)Nc1cc(C(=O)N2CCCNCC2)ccc1N1CCCN(C(=O)c2cccc(F)c2)CC1. The van der Waals surface area contributed by atoms with Crippen LogP contribution in [-0.2, 0) is 4.79 Å². The van der Waals surface area contributed by atoms with E-state index in [0.717, 1.165) is 31.6 Å². The molecular weight excluding hydrogens is 497 g/mol. The van der Waals surface area contributed by atoms with Gasteiger partial charge >= 0.3 is 0 Å². The Bertz CT molecular complexity index is 1190.